The summed E-state index contributed by atoms with van der Waals surface area (Å²) < 4.78 is 26.8. The lowest BCUT2D eigenvalue weighted by Crippen LogP contribution is -2.67. The van der Waals surface area contributed by atoms with E-state index in [1.165, 1.54) is 17.5 Å². The normalized spacial score (nSPS) is 17.3. The van der Waals surface area contributed by atoms with Crippen LogP contribution in [0.1, 0.15) is 65.9 Å². The first kappa shape index (κ1) is 31.2. The van der Waals surface area contributed by atoms with Crippen molar-refractivity contribution in [2.45, 2.75) is 84.3 Å². The van der Waals surface area contributed by atoms with Gasteiger partial charge < -0.3 is 18.5 Å². The SMILES string of the molecule is COC(=O)c1c2cc(B3OC(C)(C)C(C)(C)O3)ccc2nn1C[C@H](C)O[Si](c1ccccc1)(c1ccccc1)C(C)(C)C. The number of hydrogen-bond donors (Lipinski definition) is 0. The van der Waals surface area contributed by atoms with Gasteiger partial charge in [-0.05, 0) is 61.6 Å². The molecule has 3 aromatic carbocycles. The molecule has 9 heteroatoms. The van der Waals surface area contributed by atoms with Crippen LogP contribution in [0.2, 0.25) is 5.04 Å². The third-order valence-electron chi connectivity index (χ3n) is 8.89. The van der Waals surface area contributed by atoms with Crippen molar-refractivity contribution in [3.05, 3.63) is 84.6 Å². The molecule has 0 spiro atoms. The number of hydrogen-bond acceptors (Lipinski definition) is 6. The second kappa shape index (κ2) is 11.4. The van der Waals surface area contributed by atoms with Crippen molar-refractivity contribution in [1.29, 1.82) is 0 Å². The van der Waals surface area contributed by atoms with E-state index in [1.807, 2.05) is 58.0 Å². The number of ether oxygens (including phenoxy) is 1. The number of aromatic nitrogens is 2. The van der Waals surface area contributed by atoms with Gasteiger partial charge in [-0.2, -0.15) is 5.10 Å². The Bertz CT molecular complexity index is 1540. The minimum absolute atomic E-state index is 0.179. The van der Waals surface area contributed by atoms with Crippen LogP contribution < -0.4 is 15.8 Å². The second-order valence-electron chi connectivity index (χ2n) is 13.5. The molecular formula is C34H43BN2O5Si. The monoisotopic (exact) mass is 598 g/mol. The van der Waals surface area contributed by atoms with E-state index >= 15 is 0 Å². The van der Waals surface area contributed by atoms with Crippen LogP contribution in [-0.4, -0.2) is 55.6 Å². The largest absolute Gasteiger partial charge is 0.494 e. The summed E-state index contributed by atoms with van der Waals surface area (Å²) in [4.78, 5) is 13.2. The van der Waals surface area contributed by atoms with Crippen molar-refractivity contribution in [3.8, 4) is 0 Å². The van der Waals surface area contributed by atoms with Gasteiger partial charge in [0, 0.05) is 5.39 Å². The van der Waals surface area contributed by atoms with E-state index in [9.17, 15) is 4.79 Å². The van der Waals surface area contributed by atoms with E-state index in [2.05, 4.69) is 76.2 Å². The Kier molecular flexibility index (Phi) is 8.24. The highest BCUT2D eigenvalue weighted by molar-refractivity contribution is 6.99. The molecule has 1 aliphatic rings. The lowest BCUT2D eigenvalue weighted by molar-refractivity contribution is 0.00578. The summed E-state index contributed by atoms with van der Waals surface area (Å²) in [6, 6.07) is 26.9. The Hall–Kier alpha value is -3.24. The fourth-order valence-corrected chi connectivity index (χ4v) is 10.7. The lowest BCUT2D eigenvalue weighted by atomic mass is 9.78. The average molecular weight is 599 g/mol. The molecule has 0 unspecified atom stereocenters. The van der Waals surface area contributed by atoms with Crippen molar-refractivity contribution >= 4 is 48.1 Å². The Morgan fingerprint density at radius 2 is 1.47 bits per heavy atom. The predicted molar refractivity (Wildman–Crippen MR) is 175 cm³/mol. The summed E-state index contributed by atoms with van der Waals surface area (Å²) in [6.45, 7) is 17.3. The first-order chi connectivity index (χ1) is 20.2. The van der Waals surface area contributed by atoms with Crippen LogP contribution in [0.15, 0.2) is 78.9 Å². The molecule has 1 aliphatic heterocycles. The van der Waals surface area contributed by atoms with Gasteiger partial charge in [0.2, 0.25) is 0 Å². The quantitative estimate of drug-likeness (QED) is 0.208. The van der Waals surface area contributed by atoms with Crippen molar-refractivity contribution in [3.63, 3.8) is 0 Å². The molecule has 7 nitrogen and oxygen atoms in total. The van der Waals surface area contributed by atoms with E-state index in [1.54, 1.807) is 4.68 Å². The van der Waals surface area contributed by atoms with Gasteiger partial charge in [-0.1, -0.05) is 93.6 Å². The van der Waals surface area contributed by atoms with E-state index in [-0.39, 0.29) is 11.1 Å². The summed E-state index contributed by atoms with van der Waals surface area (Å²) in [6.07, 6.45) is -0.272. The fraction of sp³-hybridized carbons (Fsp3) is 0.412. The molecule has 0 radical (unpaired) electrons. The molecule has 1 saturated heterocycles. The Balaban J connectivity index is 1.54. The lowest BCUT2D eigenvalue weighted by Gasteiger charge is -2.44. The Morgan fingerprint density at radius 1 is 0.930 bits per heavy atom. The van der Waals surface area contributed by atoms with Crippen LogP contribution in [0.3, 0.4) is 0 Å². The van der Waals surface area contributed by atoms with Crippen molar-refractivity contribution in [2.24, 2.45) is 0 Å². The topological polar surface area (TPSA) is 71.8 Å². The smallest absolute Gasteiger partial charge is 0.464 e. The van der Waals surface area contributed by atoms with E-state index < -0.39 is 32.6 Å². The molecule has 0 N–H and O–H groups in total. The maximum Gasteiger partial charge on any atom is 0.494 e. The number of carbonyl (C=O) groups is 1. The molecule has 0 saturated carbocycles. The van der Waals surface area contributed by atoms with Gasteiger partial charge in [0.05, 0.1) is 36.5 Å². The van der Waals surface area contributed by atoms with Crippen LogP contribution in [-0.2, 0) is 25.0 Å². The van der Waals surface area contributed by atoms with E-state index in [0.29, 0.717) is 23.1 Å². The molecule has 4 aromatic rings. The summed E-state index contributed by atoms with van der Waals surface area (Å²) in [5, 5.41) is 7.77. The molecule has 43 heavy (non-hydrogen) atoms. The number of rotatable bonds is 8. The van der Waals surface area contributed by atoms with Crippen LogP contribution in [0.4, 0.5) is 0 Å². The number of benzene rings is 3. The number of fused-ring (bicyclic) bond motifs is 1. The minimum Gasteiger partial charge on any atom is -0.464 e. The van der Waals surface area contributed by atoms with Gasteiger partial charge in [0.15, 0.2) is 5.69 Å². The van der Waals surface area contributed by atoms with Crippen molar-refractivity contribution in [2.75, 3.05) is 7.11 Å². The van der Waals surface area contributed by atoms with E-state index in [4.69, 9.17) is 23.6 Å². The van der Waals surface area contributed by atoms with Crippen molar-refractivity contribution < 1.29 is 23.3 Å². The molecule has 0 bridgehead atoms. The fourth-order valence-electron chi connectivity index (χ4n) is 5.99. The van der Waals surface area contributed by atoms with Gasteiger partial charge in [0.25, 0.3) is 8.32 Å². The molecule has 1 aromatic heterocycles. The number of methoxy groups -OCH3 is 1. The standard InChI is InChI=1S/C34H43BN2O5Si/c1-24(40-43(32(2,3)4,26-16-12-10-13-17-26)27-18-14-11-15-19-27)23-37-30(31(38)39-9)28-22-25(20-21-29(28)36-37)35-41-33(5,6)34(7,8)42-35/h10-22,24H,23H2,1-9H3/t24-/m0/s1. The third kappa shape index (κ3) is 5.59. The average Bonchev–Trinajstić information content (AvgIpc) is 3.42. The number of esters is 1. The summed E-state index contributed by atoms with van der Waals surface area (Å²) >= 11 is 0. The Labute approximate surface area is 256 Å². The molecule has 226 valence electrons. The first-order valence-corrected chi connectivity index (χ1v) is 16.8. The maximum absolute atomic E-state index is 13.2. The summed E-state index contributed by atoms with van der Waals surface area (Å²) in [5.74, 6) is -0.453. The Morgan fingerprint density at radius 3 is 1.95 bits per heavy atom. The molecule has 5 rings (SSSR count). The highest BCUT2D eigenvalue weighted by Gasteiger charge is 2.52. The molecule has 1 fully saturated rings. The number of carbonyl (C=O) groups excluding carboxylic acids is 1. The minimum atomic E-state index is -2.80. The zero-order valence-corrected chi connectivity index (χ0v) is 27.8. The molecule has 2 heterocycles. The van der Waals surface area contributed by atoms with Gasteiger partial charge in [-0.15, -0.1) is 0 Å². The van der Waals surface area contributed by atoms with Gasteiger partial charge in [0.1, 0.15) is 0 Å². The third-order valence-corrected chi connectivity index (χ3v) is 14.1. The van der Waals surface area contributed by atoms with E-state index in [0.717, 1.165) is 5.46 Å². The number of nitrogens with zero attached hydrogens (tertiary/aromatic N) is 2. The zero-order valence-electron chi connectivity index (χ0n) is 26.8. The van der Waals surface area contributed by atoms with Crippen LogP contribution in [0.5, 0.6) is 0 Å². The molecular weight excluding hydrogens is 555 g/mol. The summed E-state index contributed by atoms with van der Waals surface area (Å²) in [5.41, 5.74) is 0.949. The van der Waals surface area contributed by atoms with Gasteiger partial charge >= 0.3 is 13.1 Å². The highest BCUT2D eigenvalue weighted by atomic mass is 28.4. The van der Waals surface area contributed by atoms with Gasteiger partial charge in [-0.3, -0.25) is 4.68 Å². The highest BCUT2D eigenvalue weighted by Crippen LogP contribution is 2.38. The maximum atomic E-state index is 13.2. The molecule has 0 amide bonds. The van der Waals surface area contributed by atoms with Crippen LogP contribution in [0, 0.1) is 0 Å². The second-order valence-corrected chi connectivity index (χ2v) is 17.7. The van der Waals surface area contributed by atoms with Gasteiger partial charge in [-0.25, -0.2) is 4.79 Å². The molecule has 1 atom stereocenters. The summed E-state index contributed by atoms with van der Waals surface area (Å²) in [7, 11) is -1.96. The van der Waals surface area contributed by atoms with Crippen LogP contribution >= 0.6 is 0 Å². The van der Waals surface area contributed by atoms with Crippen molar-refractivity contribution in [1.82, 2.24) is 9.78 Å². The molecule has 0 aliphatic carbocycles. The van der Waals surface area contributed by atoms with Crippen LogP contribution in [0.25, 0.3) is 10.9 Å². The first-order valence-electron chi connectivity index (χ1n) is 14.9. The zero-order chi connectivity index (χ0) is 31.2. The predicted octanol–water partition coefficient (Wildman–Crippen LogP) is 5.09.